The van der Waals surface area contributed by atoms with Crippen molar-refractivity contribution in [1.82, 2.24) is 9.13 Å². The van der Waals surface area contributed by atoms with E-state index >= 15 is 0 Å². The number of rotatable bonds is 4. The van der Waals surface area contributed by atoms with Gasteiger partial charge in [-0.25, -0.2) is 9.79 Å². The Balaban J connectivity index is 1.49. The molecule has 1 aliphatic carbocycles. The van der Waals surface area contributed by atoms with Gasteiger partial charge in [-0.2, -0.15) is 0 Å². The number of fused-ring (bicyclic) bond motifs is 4. The number of benzene rings is 3. The topological polar surface area (TPSA) is 91.9 Å². The average molecular weight is 494 g/mol. The molecule has 0 amide bonds. The predicted octanol–water partition coefficient (Wildman–Crippen LogP) is 3.96. The second kappa shape index (κ2) is 8.44. The van der Waals surface area contributed by atoms with E-state index in [2.05, 4.69) is 0 Å². The molecule has 0 saturated heterocycles. The second-order valence-corrected chi connectivity index (χ2v) is 9.16. The Morgan fingerprint density at radius 1 is 0.757 bits per heavy atom. The van der Waals surface area contributed by atoms with Gasteiger partial charge in [0.05, 0.1) is 24.3 Å². The maximum absolute atomic E-state index is 13.6. The Kier molecular flexibility index (Phi) is 5.19. The van der Waals surface area contributed by atoms with Gasteiger partial charge in [-0.1, -0.05) is 42.5 Å². The van der Waals surface area contributed by atoms with Crippen LogP contribution in [0.25, 0.3) is 0 Å². The van der Waals surface area contributed by atoms with Crippen LogP contribution in [-0.2, 0) is 14.1 Å². The summed E-state index contributed by atoms with van der Waals surface area (Å²) in [5.74, 6) is 0.814. The number of aromatic nitrogens is 2. The molecule has 4 aromatic rings. The first kappa shape index (κ1) is 22.7. The molecular formula is C29H23N3O5. The minimum Gasteiger partial charge on any atom is -0.497 e. The van der Waals surface area contributed by atoms with Crippen molar-refractivity contribution >= 4 is 17.3 Å². The van der Waals surface area contributed by atoms with Crippen molar-refractivity contribution < 1.29 is 14.3 Å². The molecule has 1 aliphatic heterocycles. The Bertz CT molecular complexity index is 1730. The second-order valence-electron chi connectivity index (χ2n) is 9.16. The number of nitrogens with zero attached hydrogens (tertiary/aromatic N) is 3. The monoisotopic (exact) mass is 493 g/mol. The number of hydrogen-bond acceptors (Lipinski definition) is 6. The standard InChI is InChI=1S/C29H23N3O5/c1-31-27-24(28(34)32(2)29(31)35)22(23-25(30-27)20-9-4-5-10-21(20)26(23)33)16-11-13-17(14-12-16)37-19-8-6-7-18(15-19)36-3/h4-15,22-23H,1-3H3. The zero-order valence-corrected chi connectivity index (χ0v) is 20.5. The van der Waals surface area contributed by atoms with Crippen molar-refractivity contribution in [3.8, 4) is 17.2 Å². The summed E-state index contributed by atoms with van der Waals surface area (Å²) in [6.07, 6.45) is 0. The Hall–Kier alpha value is -4.72. The van der Waals surface area contributed by atoms with Crippen LogP contribution in [0, 0.1) is 5.92 Å². The van der Waals surface area contributed by atoms with Crippen molar-refractivity contribution in [1.29, 1.82) is 0 Å². The Labute approximate surface area is 212 Å². The van der Waals surface area contributed by atoms with Gasteiger partial charge in [-0.15, -0.1) is 0 Å². The number of carbonyl (C=O) groups is 1. The highest BCUT2D eigenvalue weighted by atomic mass is 16.5. The lowest BCUT2D eigenvalue weighted by molar-refractivity contribution is 0.0953. The third-order valence-corrected chi connectivity index (χ3v) is 7.10. The van der Waals surface area contributed by atoms with Crippen molar-refractivity contribution in [2.45, 2.75) is 5.92 Å². The van der Waals surface area contributed by atoms with Gasteiger partial charge in [-0.3, -0.25) is 18.7 Å². The van der Waals surface area contributed by atoms with Gasteiger partial charge in [0.2, 0.25) is 0 Å². The summed E-state index contributed by atoms with van der Waals surface area (Å²) < 4.78 is 13.7. The highest BCUT2D eigenvalue weighted by Crippen LogP contribution is 2.46. The van der Waals surface area contributed by atoms with Gasteiger partial charge in [-0.05, 0) is 29.8 Å². The maximum atomic E-state index is 13.6. The van der Waals surface area contributed by atoms with E-state index in [9.17, 15) is 14.4 Å². The lowest BCUT2D eigenvalue weighted by Crippen LogP contribution is -2.43. The first-order chi connectivity index (χ1) is 17.9. The molecule has 2 aliphatic rings. The van der Waals surface area contributed by atoms with Crippen LogP contribution in [-0.4, -0.2) is 27.7 Å². The number of ketones is 1. The van der Waals surface area contributed by atoms with Crippen molar-refractivity contribution in [3.05, 3.63) is 116 Å². The molecule has 0 spiro atoms. The number of methoxy groups -OCH3 is 1. The number of aliphatic imine (C=N–C) groups is 1. The molecule has 6 rings (SSSR count). The van der Waals surface area contributed by atoms with E-state index in [1.165, 1.54) is 11.6 Å². The largest absolute Gasteiger partial charge is 0.497 e. The van der Waals surface area contributed by atoms with Gasteiger partial charge in [0.15, 0.2) is 5.78 Å². The molecule has 2 heterocycles. The summed E-state index contributed by atoms with van der Waals surface area (Å²) in [5, 5.41) is 0. The molecule has 8 nitrogen and oxygen atoms in total. The van der Waals surface area contributed by atoms with Gasteiger partial charge in [0.25, 0.3) is 5.56 Å². The Morgan fingerprint density at radius 2 is 1.46 bits per heavy atom. The van der Waals surface area contributed by atoms with Crippen molar-refractivity contribution in [2.75, 3.05) is 7.11 Å². The lowest BCUT2D eigenvalue weighted by atomic mass is 9.76. The van der Waals surface area contributed by atoms with Crippen LogP contribution >= 0.6 is 0 Å². The SMILES string of the molecule is COc1cccc(Oc2ccc(C3c4c(n(C)c(=O)n(C)c4=O)N=C4c5ccccc5C(=O)C43)cc2)c1. The van der Waals surface area contributed by atoms with Crippen LogP contribution in [0.4, 0.5) is 5.82 Å². The molecule has 0 fully saturated rings. The van der Waals surface area contributed by atoms with Crippen molar-refractivity contribution in [3.63, 3.8) is 0 Å². The summed E-state index contributed by atoms with van der Waals surface area (Å²) >= 11 is 0. The minimum atomic E-state index is -0.666. The van der Waals surface area contributed by atoms with Crippen molar-refractivity contribution in [2.24, 2.45) is 25.0 Å². The summed E-state index contributed by atoms with van der Waals surface area (Å²) in [7, 11) is 4.63. The van der Waals surface area contributed by atoms with E-state index in [0.29, 0.717) is 34.1 Å². The molecule has 0 radical (unpaired) electrons. The predicted molar refractivity (Wildman–Crippen MR) is 139 cm³/mol. The zero-order valence-electron chi connectivity index (χ0n) is 20.5. The summed E-state index contributed by atoms with van der Waals surface area (Å²) in [6, 6.07) is 21.9. The fourth-order valence-electron chi connectivity index (χ4n) is 5.27. The van der Waals surface area contributed by atoms with Gasteiger partial charge >= 0.3 is 5.69 Å². The first-order valence-electron chi connectivity index (χ1n) is 11.8. The van der Waals surface area contributed by atoms with E-state index in [-0.39, 0.29) is 11.6 Å². The van der Waals surface area contributed by atoms with Gasteiger partial charge in [0.1, 0.15) is 23.1 Å². The third kappa shape index (κ3) is 3.44. The van der Waals surface area contributed by atoms with E-state index < -0.39 is 23.1 Å². The smallest absolute Gasteiger partial charge is 0.332 e. The number of carbonyl (C=O) groups excluding carboxylic acids is 1. The van der Waals surface area contributed by atoms with Crippen LogP contribution in [0.5, 0.6) is 17.2 Å². The molecule has 37 heavy (non-hydrogen) atoms. The van der Waals surface area contributed by atoms with E-state index in [0.717, 1.165) is 15.7 Å². The fourth-order valence-corrected chi connectivity index (χ4v) is 5.27. The highest BCUT2D eigenvalue weighted by Gasteiger charge is 2.47. The molecule has 0 saturated carbocycles. The van der Waals surface area contributed by atoms with Gasteiger partial charge < -0.3 is 9.47 Å². The van der Waals surface area contributed by atoms with Crippen LogP contribution in [0.15, 0.2) is 87.4 Å². The molecule has 8 heteroatoms. The Morgan fingerprint density at radius 3 is 2.19 bits per heavy atom. The van der Waals surface area contributed by atoms with Gasteiger partial charge in [0, 0.05) is 37.2 Å². The van der Waals surface area contributed by atoms with Crippen LogP contribution in [0.3, 0.4) is 0 Å². The lowest BCUT2D eigenvalue weighted by Gasteiger charge is -2.30. The number of ether oxygens (including phenoxy) is 2. The molecular weight excluding hydrogens is 470 g/mol. The highest BCUT2D eigenvalue weighted by molar-refractivity contribution is 6.30. The molecule has 1 aromatic heterocycles. The third-order valence-electron chi connectivity index (χ3n) is 7.10. The summed E-state index contributed by atoms with van der Waals surface area (Å²) in [4.78, 5) is 44.6. The normalized spacial score (nSPS) is 17.5. The first-order valence-corrected chi connectivity index (χ1v) is 11.8. The van der Waals surface area contributed by atoms with Crippen LogP contribution in [0.2, 0.25) is 0 Å². The van der Waals surface area contributed by atoms with E-state index in [1.54, 1.807) is 38.4 Å². The summed E-state index contributed by atoms with van der Waals surface area (Å²) in [5.41, 5.74) is 2.06. The molecule has 3 aromatic carbocycles. The fraction of sp³-hybridized carbons (Fsp3) is 0.172. The molecule has 2 unspecified atom stereocenters. The molecule has 0 N–H and O–H groups in total. The van der Waals surface area contributed by atoms with E-state index in [1.807, 2.05) is 48.5 Å². The van der Waals surface area contributed by atoms with Crippen LogP contribution < -0.4 is 20.7 Å². The quantitative estimate of drug-likeness (QED) is 0.429. The van der Waals surface area contributed by atoms with E-state index in [4.69, 9.17) is 14.5 Å². The average Bonchev–Trinajstić information content (AvgIpc) is 3.22. The minimum absolute atomic E-state index is 0.0855. The van der Waals surface area contributed by atoms with Crippen LogP contribution in [0.1, 0.15) is 33.0 Å². The summed E-state index contributed by atoms with van der Waals surface area (Å²) in [6.45, 7) is 0. The zero-order chi connectivity index (χ0) is 25.8. The number of Topliss-reactive ketones (excluding diaryl/α,β-unsaturated/α-hetero) is 1. The molecule has 184 valence electrons. The molecule has 0 bridgehead atoms. The molecule has 2 atom stereocenters. The number of hydrogen-bond donors (Lipinski definition) is 0. The maximum Gasteiger partial charge on any atom is 0.332 e.